The van der Waals surface area contributed by atoms with Crippen molar-refractivity contribution in [1.82, 2.24) is 15.2 Å². The van der Waals surface area contributed by atoms with Crippen molar-refractivity contribution < 1.29 is 4.74 Å². The van der Waals surface area contributed by atoms with Crippen LogP contribution in [0.25, 0.3) is 0 Å². The summed E-state index contributed by atoms with van der Waals surface area (Å²) in [4.78, 5) is 14.6. The number of H-pyrrole nitrogens is 1. The van der Waals surface area contributed by atoms with Crippen molar-refractivity contribution >= 4 is 11.5 Å². The number of nitrogens with zero attached hydrogens (tertiary/aromatic N) is 2. The number of methoxy groups -OCH3 is 1. The number of ether oxygens (including phenoxy) is 1. The molecule has 0 aliphatic heterocycles. The van der Waals surface area contributed by atoms with E-state index in [0.717, 1.165) is 11.4 Å². The molecule has 1 aromatic carbocycles. The molecule has 6 heteroatoms. The number of aromatic amines is 1. The zero-order chi connectivity index (χ0) is 11.4. The highest BCUT2D eigenvalue weighted by molar-refractivity contribution is 5.57. The Labute approximate surface area is 91.3 Å². The maximum atomic E-state index is 10.9. The van der Waals surface area contributed by atoms with Crippen LogP contribution in [-0.2, 0) is 0 Å². The smallest absolute Gasteiger partial charge is 0.363 e. The van der Waals surface area contributed by atoms with Crippen LogP contribution in [-0.4, -0.2) is 22.3 Å². The molecule has 2 N–H and O–H groups in total. The predicted octanol–water partition coefficient (Wildman–Crippen LogP) is 0.917. The molecule has 0 amide bonds. The van der Waals surface area contributed by atoms with E-state index in [1.165, 1.54) is 6.20 Å². The van der Waals surface area contributed by atoms with Crippen molar-refractivity contribution in [3.05, 3.63) is 40.9 Å². The van der Waals surface area contributed by atoms with Gasteiger partial charge in [0, 0.05) is 11.8 Å². The van der Waals surface area contributed by atoms with Gasteiger partial charge in [-0.3, -0.25) is 0 Å². The van der Waals surface area contributed by atoms with Crippen molar-refractivity contribution in [3.8, 4) is 5.75 Å². The number of aromatic nitrogens is 3. The number of benzene rings is 1. The first-order valence-corrected chi connectivity index (χ1v) is 4.61. The monoisotopic (exact) mass is 218 g/mol. The molecule has 0 saturated carbocycles. The maximum Gasteiger partial charge on any atom is 0.363 e. The molecule has 0 fully saturated rings. The van der Waals surface area contributed by atoms with Crippen LogP contribution >= 0.6 is 0 Å². The average molecular weight is 218 g/mol. The Balaban J connectivity index is 2.23. The van der Waals surface area contributed by atoms with E-state index in [4.69, 9.17) is 4.74 Å². The minimum atomic E-state index is -0.493. The van der Waals surface area contributed by atoms with E-state index in [2.05, 4.69) is 20.5 Å². The summed E-state index contributed by atoms with van der Waals surface area (Å²) >= 11 is 0. The van der Waals surface area contributed by atoms with E-state index < -0.39 is 5.69 Å². The Hall–Kier alpha value is -2.37. The molecule has 6 nitrogen and oxygen atoms in total. The van der Waals surface area contributed by atoms with Gasteiger partial charge in [0.2, 0.25) is 0 Å². The van der Waals surface area contributed by atoms with Crippen molar-refractivity contribution in [1.29, 1.82) is 0 Å². The normalized spacial score (nSPS) is 9.81. The summed E-state index contributed by atoms with van der Waals surface area (Å²) in [6.45, 7) is 0. The van der Waals surface area contributed by atoms with Crippen molar-refractivity contribution in [2.75, 3.05) is 12.4 Å². The summed E-state index contributed by atoms with van der Waals surface area (Å²) < 4.78 is 5.07. The summed E-state index contributed by atoms with van der Waals surface area (Å²) in [7, 11) is 1.59. The third-order valence-electron chi connectivity index (χ3n) is 1.91. The lowest BCUT2D eigenvalue weighted by Gasteiger charge is -2.05. The summed E-state index contributed by atoms with van der Waals surface area (Å²) in [5, 5.41) is 8.77. The van der Waals surface area contributed by atoms with E-state index in [0.29, 0.717) is 5.82 Å². The third-order valence-corrected chi connectivity index (χ3v) is 1.91. The molecule has 0 radical (unpaired) electrons. The molecule has 82 valence electrons. The summed E-state index contributed by atoms with van der Waals surface area (Å²) in [6, 6.07) is 7.30. The zero-order valence-electron chi connectivity index (χ0n) is 8.60. The average Bonchev–Trinajstić information content (AvgIpc) is 2.29. The van der Waals surface area contributed by atoms with E-state index in [1.54, 1.807) is 13.2 Å². The Kier molecular flexibility index (Phi) is 2.81. The minimum absolute atomic E-state index is 0.386. The molecule has 0 atom stereocenters. The first-order chi connectivity index (χ1) is 7.78. The molecule has 0 aliphatic rings. The molecule has 1 aromatic heterocycles. The van der Waals surface area contributed by atoms with Crippen LogP contribution in [0.5, 0.6) is 5.75 Å². The molecular formula is C10H10N4O2. The van der Waals surface area contributed by atoms with Gasteiger partial charge in [-0.15, -0.1) is 0 Å². The van der Waals surface area contributed by atoms with E-state index >= 15 is 0 Å². The van der Waals surface area contributed by atoms with E-state index in [9.17, 15) is 4.79 Å². The third kappa shape index (κ3) is 2.35. The summed E-state index contributed by atoms with van der Waals surface area (Å²) in [6.07, 6.45) is 1.43. The van der Waals surface area contributed by atoms with Gasteiger partial charge in [0.05, 0.1) is 13.3 Å². The lowest BCUT2D eigenvalue weighted by molar-refractivity contribution is 0.415. The lowest BCUT2D eigenvalue weighted by Crippen LogP contribution is -2.13. The highest BCUT2D eigenvalue weighted by Crippen LogP contribution is 2.18. The standard InChI is InChI=1S/C10H10N4O2/c1-16-8-4-2-3-7(5-8)12-9-6-11-14-10(15)13-9/h2-6H,1H3,(H2,12,13,14,15). The second-order valence-corrected chi connectivity index (χ2v) is 3.03. The van der Waals surface area contributed by atoms with Gasteiger partial charge >= 0.3 is 5.69 Å². The fraction of sp³-hybridized carbons (Fsp3) is 0.100. The lowest BCUT2D eigenvalue weighted by atomic mass is 10.3. The Morgan fingerprint density at radius 2 is 2.31 bits per heavy atom. The Morgan fingerprint density at radius 3 is 3.06 bits per heavy atom. The van der Waals surface area contributed by atoms with Gasteiger partial charge in [-0.25, -0.2) is 9.89 Å². The molecule has 2 aromatic rings. The second-order valence-electron chi connectivity index (χ2n) is 3.03. The van der Waals surface area contributed by atoms with Gasteiger partial charge in [-0.2, -0.15) is 10.1 Å². The van der Waals surface area contributed by atoms with Crippen molar-refractivity contribution in [2.45, 2.75) is 0 Å². The first-order valence-electron chi connectivity index (χ1n) is 4.61. The van der Waals surface area contributed by atoms with Crippen LogP contribution in [0.2, 0.25) is 0 Å². The van der Waals surface area contributed by atoms with Gasteiger partial charge in [0.15, 0.2) is 5.82 Å². The number of hydrogen-bond donors (Lipinski definition) is 2. The molecule has 2 rings (SSSR count). The molecule has 0 aliphatic carbocycles. The van der Waals surface area contributed by atoms with E-state index in [1.807, 2.05) is 18.2 Å². The van der Waals surface area contributed by atoms with Gasteiger partial charge in [0.1, 0.15) is 5.75 Å². The van der Waals surface area contributed by atoms with Crippen molar-refractivity contribution in [3.63, 3.8) is 0 Å². The fourth-order valence-corrected chi connectivity index (χ4v) is 1.22. The summed E-state index contributed by atoms with van der Waals surface area (Å²) in [5.74, 6) is 1.11. The van der Waals surface area contributed by atoms with Gasteiger partial charge < -0.3 is 10.1 Å². The second kappa shape index (κ2) is 4.43. The first kappa shape index (κ1) is 10.2. The van der Waals surface area contributed by atoms with Crippen LogP contribution in [0.1, 0.15) is 0 Å². The quantitative estimate of drug-likeness (QED) is 0.800. The van der Waals surface area contributed by atoms with Crippen LogP contribution in [0, 0.1) is 0 Å². The SMILES string of the molecule is COc1cccc(Nc2cn[nH]c(=O)n2)c1. The van der Waals surface area contributed by atoms with Crippen LogP contribution in [0.4, 0.5) is 11.5 Å². The molecule has 0 unspecified atom stereocenters. The number of nitrogens with one attached hydrogen (secondary N) is 2. The van der Waals surface area contributed by atoms with Crippen LogP contribution < -0.4 is 15.7 Å². The molecule has 0 spiro atoms. The van der Waals surface area contributed by atoms with Crippen LogP contribution in [0.15, 0.2) is 35.3 Å². The largest absolute Gasteiger partial charge is 0.497 e. The van der Waals surface area contributed by atoms with E-state index in [-0.39, 0.29) is 0 Å². The number of hydrogen-bond acceptors (Lipinski definition) is 5. The summed E-state index contributed by atoms with van der Waals surface area (Å²) in [5.41, 5.74) is 0.284. The molecule has 1 heterocycles. The highest BCUT2D eigenvalue weighted by atomic mass is 16.5. The predicted molar refractivity (Wildman–Crippen MR) is 58.9 cm³/mol. The Bertz CT molecular complexity index is 538. The van der Waals surface area contributed by atoms with Gasteiger partial charge in [-0.05, 0) is 12.1 Å². The Morgan fingerprint density at radius 1 is 1.44 bits per heavy atom. The van der Waals surface area contributed by atoms with Crippen molar-refractivity contribution in [2.24, 2.45) is 0 Å². The topological polar surface area (TPSA) is 79.9 Å². The molecule has 16 heavy (non-hydrogen) atoms. The van der Waals surface area contributed by atoms with Crippen LogP contribution in [0.3, 0.4) is 0 Å². The number of anilines is 2. The minimum Gasteiger partial charge on any atom is -0.497 e. The molecular weight excluding hydrogens is 208 g/mol. The fourth-order valence-electron chi connectivity index (χ4n) is 1.22. The number of rotatable bonds is 3. The van der Waals surface area contributed by atoms with Gasteiger partial charge in [-0.1, -0.05) is 6.07 Å². The van der Waals surface area contributed by atoms with Gasteiger partial charge in [0.25, 0.3) is 0 Å². The zero-order valence-corrected chi connectivity index (χ0v) is 8.60. The molecule has 0 saturated heterocycles. The molecule has 0 bridgehead atoms. The highest BCUT2D eigenvalue weighted by Gasteiger charge is 1.98. The maximum absolute atomic E-state index is 10.9.